The zero-order chi connectivity index (χ0) is 16.5. The second-order valence-electron chi connectivity index (χ2n) is 5.42. The highest BCUT2D eigenvalue weighted by Gasteiger charge is 2.08. The van der Waals surface area contributed by atoms with Crippen LogP contribution < -0.4 is 14.8 Å². The lowest BCUT2D eigenvalue weighted by Crippen LogP contribution is -2.26. The molecule has 0 saturated carbocycles. The summed E-state index contributed by atoms with van der Waals surface area (Å²) in [7, 11) is 3.40. The Kier molecular flexibility index (Phi) is 7.39. The van der Waals surface area contributed by atoms with Crippen molar-refractivity contribution in [3.05, 3.63) is 46.2 Å². The lowest BCUT2D eigenvalue weighted by molar-refractivity contribution is 0.184. The number of benzene rings is 1. The highest BCUT2D eigenvalue weighted by molar-refractivity contribution is 7.09. The number of nitrogens with one attached hydrogen (secondary N) is 1. The van der Waals surface area contributed by atoms with E-state index in [1.165, 1.54) is 10.4 Å². The Hall–Kier alpha value is -1.56. The van der Waals surface area contributed by atoms with Gasteiger partial charge in [-0.15, -0.1) is 11.3 Å². The summed E-state index contributed by atoms with van der Waals surface area (Å²) >= 11 is 1.69. The molecule has 0 spiro atoms. The molecule has 1 atom stereocenters. The molecule has 0 aliphatic rings. The average molecular weight is 335 g/mol. The lowest BCUT2D eigenvalue weighted by atomic mass is 10.1. The van der Waals surface area contributed by atoms with E-state index >= 15 is 0 Å². The number of ether oxygens (including phenoxy) is 3. The highest BCUT2D eigenvalue weighted by atomic mass is 32.1. The van der Waals surface area contributed by atoms with Crippen LogP contribution in [0.25, 0.3) is 0 Å². The predicted molar refractivity (Wildman–Crippen MR) is 94.4 cm³/mol. The maximum Gasteiger partial charge on any atom is 0.161 e. The fraction of sp³-hybridized carbons (Fsp3) is 0.444. The van der Waals surface area contributed by atoms with Gasteiger partial charge < -0.3 is 19.5 Å². The van der Waals surface area contributed by atoms with Gasteiger partial charge in [0.15, 0.2) is 11.5 Å². The van der Waals surface area contributed by atoms with Crippen molar-refractivity contribution in [3.8, 4) is 11.5 Å². The van der Waals surface area contributed by atoms with Crippen LogP contribution in [0.15, 0.2) is 35.7 Å². The van der Waals surface area contributed by atoms with Gasteiger partial charge >= 0.3 is 0 Å². The van der Waals surface area contributed by atoms with Gasteiger partial charge in [0.2, 0.25) is 0 Å². The molecule has 1 unspecified atom stereocenters. The van der Waals surface area contributed by atoms with Crippen molar-refractivity contribution in [1.82, 2.24) is 5.32 Å². The zero-order valence-electron chi connectivity index (χ0n) is 14.0. The quantitative estimate of drug-likeness (QED) is 0.716. The summed E-state index contributed by atoms with van der Waals surface area (Å²) in [4.78, 5) is 1.20. The second kappa shape index (κ2) is 9.55. The first-order valence-electron chi connectivity index (χ1n) is 7.77. The van der Waals surface area contributed by atoms with Gasteiger partial charge in [0.25, 0.3) is 0 Å². The molecule has 126 valence electrons. The third kappa shape index (κ3) is 5.86. The van der Waals surface area contributed by atoms with Crippen LogP contribution in [0, 0.1) is 0 Å². The molecule has 0 saturated heterocycles. The van der Waals surface area contributed by atoms with E-state index in [1.807, 2.05) is 18.2 Å². The normalized spacial score (nSPS) is 12.1. The number of methoxy groups -OCH3 is 2. The van der Waals surface area contributed by atoms with E-state index in [4.69, 9.17) is 14.2 Å². The molecule has 0 aliphatic carbocycles. The summed E-state index contributed by atoms with van der Waals surface area (Å²) in [5, 5.41) is 5.54. The number of hydrogen-bond acceptors (Lipinski definition) is 5. The molecule has 1 aromatic carbocycles. The van der Waals surface area contributed by atoms with Crippen molar-refractivity contribution in [2.24, 2.45) is 0 Å². The van der Waals surface area contributed by atoms with E-state index in [-0.39, 0.29) is 0 Å². The molecule has 1 aromatic heterocycles. The molecular formula is C18H25NO3S. The van der Waals surface area contributed by atoms with Crippen molar-refractivity contribution in [1.29, 1.82) is 0 Å². The van der Waals surface area contributed by atoms with Crippen molar-refractivity contribution >= 4 is 11.3 Å². The minimum absolute atomic E-state index is 0.413. The van der Waals surface area contributed by atoms with Crippen molar-refractivity contribution in [3.63, 3.8) is 0 Å². The fourth-order valence-corrected chi connectivity index (χ4v) is 2.79. The minimum Gasteiger partial charge on any atom is -0.493 e. The van der Waals surface area contributed by atoms with Crippen LogP contribution in [0.1, 0.15) is 23.8 Å². The summed E-state index contributed by atoms with van der Waals surface area (Å²) in [6, 6.07) is 10.6. The van der Waals surface area contributed by atoms with Gasteiger partial charge in [0.05, 0.1) is 7.11 Å². The lowest BCUT2D eigenvalue weighted by Gasteiger charge is -2.15. The molecule has 0 bridgehead atoms. The summed E-state index contributed by atoms with van der Waals surface area (Å²) in [6.07, 6.45) is 0.996. The van der Waals surface area contributed by atoms with Gasteiger partial charge in [-0.05, 0) is 42.5 Å². The Morgan fingerprint density at radius 3 is 2.74 bits per heavy atom. The largest absolute Gasteiger partial charge is 0.493 e. The van der Waals surface area contributed by atoms with Crippen LogP contribution in [0.3, 0.4) is 0 Å². The molecule has 0 radical (unpaired) electrons. The van der Waals surface area contributed by atoms with E-state index < -0.39 is 0 Å². The van der Waals surface area contributed by atoms with Gasteiger partial charge in [0, 0.05) is 31.2 Å². The Labute approximate surface area is 142 Å². The van der Waals surface area contributed by atoms with Gasteiger partial charge in [0.1, 0.15) is 6.61 Å². The van der Waals surface area contributed by atoms with Crippen LogP contribution in [-0.4, -0.2) is 26.9 Å². The number of thiophene rings is 1. The third-order valence-corrected chi connectivity index (χ3v) is 4.44. The molecule has 2 rings (SSSR count). The van der Waals surface area contributed by atoms with Crippen LogP contribution in [0.5, 0.6) is 11.5 Å². The van der Waals surface area contributed by atoms with E-state index in [9.17, 15) is 0 Å². The Bertz CT molecular complexity index is 572. The SMILES string of the molecule is COCCC(C)NCc1ccc(OCc2cccs2)c(OC)c1. The van der Waals surface area contributed by atoms with Crippen LogP contribution in [0.4, 0.5) is 0 Å². The molecule has 0 aliphatic heterocycles. The molecule has 0 fully saturated rings. The third-order valence-electron chi connectivity index (χ3n) is 3.59. The maximum atomic E-state index is 5.85. The molecule has 1 N–H and O–H groups in total. The van der Waals surface area contributed by atoms with E-state index in [1.54, 1.807) is 25.6 Å². The van der Waals surface area contributed by atoms with Gasteiger partial charge in [-0.1, -0.05) is 12.1 Å². The zero-order valence-corrected chi connectivity index (χ0v) is 14.8. The first-order valence-corrected chi connectivity index (χ1v) is 8.65. The first kappa shape index (κ1) is 17.8. The Balaban J connectivity index is 1.90. The summed E-state index contributed by atoms with van der Waals surface area (Å²) < 4.78 is 16.4. The average Bonchev–Trinajstić information content (AvgIpc) is 3.10. The fourth-order valence-electron chi connectivity index (χ4n) is 2.17. The Morgan fingerprint density at radius 2 is 2.04 bits per heavy atom. The van der Waals surface area contributed by atoms with E-state index in [2.05, 4.69) is 29.8 Å². The molecule has 0 amide bonds. The van der Waals surface area contributed by atoms with Crippen LogP contribution in [-0.2, 0) is 17.9 Å². The van der Waals surface area contributed by atoms with E-state index in [0.717, 1.165) is 31.1 Å². The summed E-state index contributed by atoms with van der Waals surface area (Å²) in [5.41, 5.74) is 1.18. The smallest absolute Gasteiger partial charge is 0.161 e. The molecular weight excluding hydrogens is 310 g/mol. The number of hydrogen-bond donors (Lipinski definition) is 1. The van der Waals surface area contributed by atoms with Crippen molar-refractivity contribution in [2.45, 2.75) is 32.5 Å². The van der Waals surface area contributed by atoms with Gasteiger partial charge in [-0.25, -0.2) is 0 Å². The number of rotatable bonds is 10. The minimum atomic E-state index is 0.413. The van der Waals surface area contributed by atoms with Crippen molar-refractivity contribution < 1.29 is 14.2 Å². The Morgan fingerprint density at radius 1 is 1.17 bits per heavy atom. The molecule has 5 heteroatoms. The standard InChI is InChI=1S/C18H25NO3S/c1-14(8-9-20-2)19-12-15-6-7-17(18(11-15)21-3)22-13-16-5-4-10-23-16/h4-7,10-11,14,19H,8-9,12-13H2,1-3H3. The summed E-state index contributed by atoms with van der Waals surface area (Å²) in [6.45, 7) is 4.30. The molecule has 1 heterocycles. The maximum absolute atomic E-state index is 5.85. The first-order chi connectivity index (χ1) is 11.2. The monoisotopic (exact) mass is 335 g/mol. The van der Waals surface area contributed by atoms with E-state index in [0.29, 0.717) is 12.6 Å². The van der Waals surface area contributed by atoms with Crippen LogP contribution >= 0.6 is 11.3 Å². The molecule has 23 heavy (non-hydrogen) atoms. The van der Waals surface area contributed by atoms with Gasteiger partial charge in [-0.2, -0.15) is 0 Å². The molecule has 2 aromatic rings. The topological polar surface area (TPSA) is 39.7 Å². The van der Waals surface area contributed by atoms with Gasteiger partial charge in [-0.3, -0.25) is 0 Å². The highest BCUT2D eigenvalue weighted by Crippen LogP contribution is 2.29. The summed E-state index contributed by atoms with van der Waals surface area (Å²) in [5.74, 6) is 1.54. The predicted octanol–water partition coefficient (Wildman–Crippen LogP) is 3.85. The second-order valence-corrected chi connectivity index (χ2v) is 6.45. The van der Waals surface area contributed by atoms with Crippen molar-refractivity contribution in [2.75, 3.05) is 20.8 Å². The molecule has 4 nitrogen and oxygen atoms in total. The van der Waals surface area contributed by atoms with Crippen LogP contribution in [0.2, 0.25) is 0 Å².